The van der Waals surface area contributed by atoms with Crippen LogP contribution in [0.25, 0.3) is 0 Å². The maximum atomic E-state index is 8.80. The van der Waals surface area contributed by atoms with Crippen molar-refractivity contribution in [1.82, 2.24) is 15.2 Å². The zero-order valence-electron chi connectivity index (χ0n) is 11.3. The Labute approximate surface area is 135 Å². The van der Waals surface area contributed by atoms with E-state index in [-0.39, 0.29) is 6.10 Å². The van der Waals surface area contributed by atoms with Crippen LogP contribution in [0, 0.1) is 11.3 Å². The molecule has 0 aliphatic carbocycles. The van der Waals surface area contributed by atoms with E-state index in [2.05, 4.69) is 20.1 Å². The van der Waals surface area contributed by atoms with Gasteiger partial charge >= 0.3 is 135 Å². The summed E-state index contributed by atoms with van der Waals surface area (Å²) in [5.41, 5.74) is 0. The molecule has 0 spiro atoms. The molecule has 1 saturated heterocycles. The van der Waals surface area contributed by atoms with Gasteiger partial charge in [-0.05, 0) is 0 Å². The van der Waals surface area contributed by atoms with Gasteiger partial charge in [0.2, 0.25) is 0 Å². The molecule has 6 nitrogen and oxygen atoms in total. The first-order chi connectivity index (χ1) is 10.3. The van der Waals surface area contributed by atoms with Crippen LogP contribution >= 0.6 is 11.3 Å². The molecule has 0 saturated carbocycles. The van der Waals surface area contributed by atoms with Crippen molar-refractivity contribution in [1.29, 1.82) is 5.26 Å². The van der Waals surface area contributed by atoms with Crippen LogP contribution < -0.4 is 14.0 Å². The van der Waals surface area contributed by atoms with Gasteiger partial charge in [-0.3, -0.25) is 0 Å². The van der Waals surface area contributed by atoms with Gasteiger partial charge in [0, 0.05) is 0 Å². The second-order valence-corrected chi connectivity index (χ2v) is 6.98. The van der Waals surface area contributed by atoms with E-state index in [0.717, 1.165) is 41.2 Å². The first kappa shape index (κ1) is 14.3. The molecule has 2 aromatic heterocycles. The van der Waals surface area contributed by atoms with Crippen molar-refractivity contribution >= 4 is 37.7 Å². The number of rotatable bonds is 3. The number of anilines is 1. The Kier molecular flexibility index (Phi) is 4.37. The molecule has 0 radical (unpaired) electrons. The average molecular weight is 363 g/mol. The third-order valence-electron chi connectivity index (χ3n) is 3.33. The quantitative estimate of drug-likeness (QED) is 0.721. The van der Waals surface area contributed by atoms with Crippen LogP contribution in [0.2, 0.25) is 0 Å². The fourth-order valence-corrected chi connectivity index (χ4v) is 3.45. The van der Waals surface area contributed by atoms with Crippen molar-refractivity contribution in [2.24, 2.45) is 0 Å². The van der Waals surface area contributed by atoms with E-state index in [1.165, 1.54) is 28.2 Å². The van der Waals surface area contributed by atoms with Gasteiger partial charge in [0.1, 0.15) is 0 Å². The second kappa shape index (κ2) is 6.42. The third kappa shape index (κ3) is 3.34. The molecular weight excluding hydrogens is 349 g/mol. The normalized spacial score (nSPS) is 15.7. The monoisotopic (exact) mass is 363 g/mol. The number of aromatic nitrogens is 3. The molecular formula is C13H14AsN5OS. The van der Waals surface area contributed by atoms with Crippen LogP contribution in [-0.4, -0.2) is 51.2 Å². The predicted molar refractivity (Wildman–Crippen MR) is 82.9 cm³/mol. The first-order valence-corrected chi connectivity index (χ1v) is 8.64. The van der Waals surface area contributed by atoms with Crippen molar-refractivity contribution in [3.8, 4) is 11.8 Å². The number of hydrogen-bond donors (Lipinski definition) is 0. The fraction of sp³-hybridized carbons (Fsp3) is 0.385. The van der Waals surface area contributed by atoms with Crippen molar-refractivity contribution in [2.75, 3.05) is 18.0 Å². The van der Waals surface area contributed by atoms with Crippen LogP contribution in [0.4, 0.5) is 5.13 Å². The van der Waals surface area contributed by atoms with Gasteiger partial charge in [0.05, 0.1) is 0 Å². The molecule has 0 amide bonds. The Bertz CT molecular complexity index is 663. The second-order valence-electron chi connectivity index (χ2n) is 4.72. The average Bonchev–Trinajstić information content (AvgIpc) is 2.99. The maximum absolute atomic E-state index is 8.80. The zero-order chi connectivity index (χ0) is 14.7. The Hall–Kier alpha value is -1.64. The molecule has 8 heteroatoms. The molecule has 3 rings (SSSR count). The molecule has 1 unspecified atom stereocenters. The van der Waals surface area contributed by atoms with Crippen LogP contribution in [-0.2, 0) is 0 Å². The molecule has 108 valence electrons. The molecule has 21 heavy (non-hydrogen) atoms. The van der Waals surface area contributed by atoms with E-state index in [1.807, 2.05) is 18.3 Å². The summed E-state index contributed by atoms with van der Waals surface area (Å²) in [4.78, 5) is 6.26. The summed E-state index contributed by atoms with van der Waals surface area (Å²) in [5.74, 6) is 0.936. The number of ether oxygens (including phenoxy) is 1. The molecule has 0 aromatic carbocycles. The predicted octanol–water partition coefficient (Wildman–Crippen LogP) is 0.111. The molecule has 1 aliphatic rings. The molecule has 1 fully saturated rings. The summed E-state index contributed by atoms with van der Waals surface area (Å²) in [6, 6.07) is 3.95. The summed E-state index contributed by atoms with van der Waals surface area (Å²) in [5, 5.41) is 17.9. The van der Waals surface area contributed by atoms with E-state index >= 15 is 0 Å². The number of nitriles is 1. The van der Waals surface area contributed by atoms with Gasteiger partial charge in [0.15, 0.2) is 0 Å². The Morgan fingerprint density at radius 1 is 1.38 bits per heavy atom. The summed E-state index contributed by atoms with van der Waals surface area (Å²) >= 11 is 2.87. The molecule has 0 bridgehead atoms. The summed E-state index contributed by atoms with van der Waals surface area (Å²) < 4.78 is 7.18. The van der Waals surface area contributed by atoms with E-state index < -0.39 is 0 Å². The first-order valence-electron chi connectivity index (χ1n) is 6.61. The van der Waals surface area contributed by atoms with E-state index in [4.69, 9.17) is 10.00 Å². The number of nitrogens with zero attached hydrogens (tertiary/aromatic N) is 5. The molecule has 1 atom stereocenters. The van der Waals surface area contributed by atoms with Crippen LogP contribution in [0.1, 0.15) is 17.8 Å². The van der Waals surface area contributed by atoms with Gasteiger partial charge in [-0.15, -0.1) is 0 Å². The van der Waals surface area contributed by atoms with Crippen LogP contribution in [0.3, 0.4) is 0 Å². The van der Waals surface area contributed by atoms with Gasteiger partial charge in [-0.2, -0.15) is 0 Å². The number of hydrogen-bond acceptors (Lipinski definition) is 7. The summed E-state index contributed by atoms with van der Waals surface area (Å²) in [6.45, 7) is 1.75. The summed E-state index contributed by atoms with van der Waals surface area (Å²) in [6.07, 6.45) is 5.71. The van der Waals surface area contributed by atoms with Crippen molar-refractivity contribution in [3.63, 3.8) is 0 Å². The zero-order valence-corrected chi connectivity index (χ0v) is 14.5. The minimum atomic E-state index is 0.224. The standard InChI is InChI=1S/C13H14AsN5OS/c14-10-8-16-4-1-11(10)20-9-2-5-19(6-3-9)13-18-17-12(7-15)21-13/h1,4,8-9H,2-3,5-6,14H2. The van der Waals surface area contributed by atoms with Crippen molar-refractivity contribution < 1.29 is 4.74 Å². The van der Waals surface area contributed by atoms with Crippen molar-refractivity contribution in [3.05, 3.63) is 23.5 Å². The Balaban J connectivity index is 1.58. The molecule has 1 aliphatic heterocycles. The van der Waals surface area contributed by atoms with Gasteiger partial charge in [0.25, 0.3) is 0 Å². The SMILES string of the molecule is N#Cc1nnc(N2CCC(Oc3ccncc3[AsH2])CC2)s1. The fourth-order valence-electron chi connectivity index (χ4n) is 2.23. The van der Waals surface area contributed by atoms with E-state index in [0.29, 0.717) is 5.01 Å². The minimum absolute atomic E-state index is 0.224. The third-order valence-corrected chi connectivity index (χ3v) is 5.12. The number of pyridine rings is 1. The Morgan fingerprint density at radius 2 is 2.19 bits per heavy atom. The Morgan fingerprint density at radius 3 is 2.86 bits per heavy atom. The van der Waals surface area contributed by atoms with Crippen molar-refractivity contribution in [2.45, 2.75) is 18.9 Å². The topological polar surface area (TPSA) is 74.9 Å². The van der Waals surface area contributed by atoms with Gasteiger partial charge in [-0.1, -0.05) is 0 Å². The van der Waals surface area contributed by atoms with Crippen LogP contribution in [0.15, 0.2) is 18.5 Å². The molecule has 0 N–H and O–H groups in total. The number of piperidine rings is 1. The summed E-state index contributed by atoms with van der Waals surface area (Å²) in [7, 11) is 0. The van der Waals surface area contributed by atoms with Gasteiger partial charge < -0.3 is 0 Å². The van der Waals surface area contributed by atoms with E-state index in [9.17, 15) is 0 Å². The molecule has 3 heterocycles. The molecule has 2 aromatic rings. The van der Waals surface area contributed by atoms with Gasteiger partial charge in [-0.25, -0.2) is 0 Å². The van der Waals surface area contributed by atoms with Crippen LogP contribution in [0.5, 0.6) is 5.75 Å². The van der Waals surface area contributed by atoms with E-state index in [1.54, 1.807) is 6.20 Å².